The number of carbonyl (C=O) groups excluding carboxylic acids is 2. The second-order valence-corrected chi connectivity index (χ2v) is 8.97. The van der Waals surface area contributed by atoms with Gasteiger partial charge in [0.25, 0.3) is 0 Å². The molecule has 0 radical (unpaired) electrons. The van der Waals surface area contributed by atoms with E-state index in [1.165, 1.54) is 6.42 Å². The van der Waals surface area contributed by atoms with Gasteiger partial charge in [-0.1, -0.05) is 12.5 Å². The number of nitrogens with zero attached hydrogens (tertiary/aromatic N) is 2. The number of hydrogen-bond acceptors (Lipinski definition) is 4. The molecule has 2 bridgehead atoms. The number of likely N-dealkylation sites (tertiary alicyclic amines) is 1. The molecule has 3 aliphatic rings. The van der Waals surface area contributed by atoms with Gasteiger partial charge in [-0.15, -0.1) is 0 Å². The first-order valence-electron chi connectivity index (χ1n) is 10.8. The third-order valence-corrected chi connectivity index (χ3v) is 7.01. The molecule has 2 heterocycles. The predicted octanol–water partition coefficient (Wildman–Crippen LogP) is 2.72. The molecule has 2 amide bonds. The summed E-state index contributed by atoms with van der Waals surface area (Å²) < 4.78 is 0. The summed E-state index contributed by atoms with van der Waals surface area (Å²) in [6.45, 7) is 3.19. The van der Waals surface area contributed by atoms with Crippen LogP contribution in [0.4, 0.5) is 5.82 Å². The van der Waals surface area contributed by atoms with Gasteiger partial charge in [0.2, 0.25) is 11.8 Å². The van der Waals surface area contributed by atoms with Crippen LogP contribution in [0.1, 0.15) is 50.6 Å². The molecule has 152 valence electrons. The van der Waals surface area contributed by atoms with Crippen LogP contribution in [0.15, 0.2) is 18.2 Å². The Balaban J connectivity index is 1.36. The zero-order valence-corrected chi connectivity index (χ0v) is 16.8. The normalized spacial score (nSPS) is 32.6. The Morgan fingerprint density at radius 1 is 1.11 bits per heavy atom. The van der Waals surface area contributed by atoms with Gasteiger partial charge in [0.15, 0.2) is 0 Å². The van der Waals surface area contributed by atoms with Gasteiger partial charge in [0.05, 0.1) is 5.92 Å². The number of aromatic nitrogens is 1. The fourth-order valence-electron chi connectivity index (χ4n) is 5.48. The van der Waals surface area contributed by atoms with Crippen LogP contribution in [0.25, 0.3) is 0 Å². The number of fused-ring (bicyclic) bond motifs is 2. The van der Waals surface area contributed by atoms with Crippen LogP contribution in [0.5, 0.6) is 0 Å². The molecule has 6 nitrogen and oxygen atoms in total. The maximum absolute atomic E-state index is 13.2. The third-order valence-electron chi connectivity index (χ3n) is 7.01. The lowest BCUT2D eigenvalue weighted by Gasteiger charge is -2.45. The Hall–Kier alpha value is -1.95. The summed E-state index contributed by atoms with van der Waals surface area (Å²) in [5, 5.41) is 2.93. The summed E-state index contributed by atoms with van der Waals surface area (Å²) in [6, 6.07) is 5.88. The van der Waals surface area contributed by atoms with Crippen molar-refractivity contribution in [1.29, 1.82) is 0 Å². The highest BCUT2D eigenvalue weighted by Gasteiger charge is 2.42. The highest BCUT2D eigenvalue weighted by molar-refractivity contribution is 5.92. The number of anilines is 1. The van der Waals surface area contributed by atoms with E-state index in [2.05, 4.69) is 10.3 Å². The lowest BCUT2D eigenvalue weighted by molar-refractivity contribution is -0.141. The third kappa shape index (κ3) is 4.07. The number of amides is 2. The summed E-state index contributed by atoms with van der Waals surface area (Å²) in [5.41, 5.74) is 7.26. The molecule has 3 N–H and O–H groups in total. The van der Waals surface area contributed by atoms with Crippen LogP contribution in [0.2, 0.25) is 0 Å². The number of piperidine rings is 1. The van der Waals surface area contributed by atoms with Crippen LogP contribution < -0.4 is 11.1 Å². The van der Waals surface area contributed by atoms with Gasteiger partial charge < -0.3 is 16.0 Å². The van der Waals surface area contributed by atoms with Crippen LogP contribution in [-0.2, 0) is 9.59 Å². The van der Waals surface area contributed by atoms with E-state index in [0.717, 1.165) is 50.8 Å². The van der Waals surface area contributed by atoms with Crippen molar-refractivity contribution < 1.29 is 9.59 Å². The first kappa shape index (κ1) is 19.4. The van der Waals surface area contributed by atoms with Crippen LogP contribution in [0.3, 0.4) is 0 Å². The molecule has 4 rings (SSSR count). The molecule has 0 aromatic carbocycles. The number of nitrogens with one attached hydrogen (secondary N) is 1. The van der Waals surface area contributed by atoms with E-state index in [0.29, 0.717) is 24.2 Å². The van der Waals surface area contributed by atoms with Gasteiger partial charge in [-0.3, -0.25) is 9.59 Å². The van der Waals surface area contributed by atoms with Gasteiger partial charge in [0, 0.05) is 30.7 Å². The summed E-state index contributed by atoms with van der Waals surface area (Å²) in [7, 11) is 0. The smallest absolute Gasteiger partial charge is 0.230 e. The van der Waals surface area contributed by atoms with Crippen molar-refractivity contribution >= 4 is 17.6 Å². The van der Waals surface area contributed by atoms with Gasteiger partial charge >= 0.3 is 0 Å². The molecule has 3 unspecified atom stereocenters. The first-order valence-corrected chi connectivity index (χ1v) is 10.8. The van der Waals surface area contributed by atoms with Crippen molar-refractivity contribution in [3.8, 4) is 0 Å². The average molecular weight is 385 g/mol. The Morgan fingerprint density at radius 3 is 2.57 bits per heavy atom. The van der Waals surface area contributed by atoms with E-state index in [4.69, 9.17) is 5.73 Å². The fourth-order valence-corrected chi connectivity index (χ4v) is 5.48. The van der Waals surface area contributed by atoms with Gasteiger partial charge in [-0.05, 0) is 69.4 Å². The van der Waals surface area contributed by atoms with Crippen LogP contribution in [-0.4, -0.2) is 40.8 Å². The summed E-state index contributed by atoms with van der Waals surface area (Å²) in [6.07, 6.45) is 7.13. The topological polar surface area (TPSA) is 88.3 Å². The Bertz CT molecular complexity index is 723. The highest BCUT2D eigenvalue weighted by atomic mass is 16.2. The van der Waals surface area contributed by atoms with Crippen molar-refractivity contribution in [2.45, 2.75) is 57.9 Å². The quantitative estimate of drug-likeness (QED) is 0.839. The minimum Gasteiger partial charge on any atom is -0.342 e. The van der Waals surface area contributed by atoms with E-state index in [-0.39, 0.29) is 29.7 Å². The predicted molar refractivity (Wildman–Crippen MR) is 108 cm³/mol. The Labute approximate surface area is 167 Å². The molecule has 1 aromatic heterocycles. The van der Waals surface area contributed by atoms with E-state index in [9.17, 15) is 9.59 Å². The highest BCUT2D eigenvalue weighted by Crippen LogP contribution is 2.42. The number of rotatable bonds is 3. The molecule has 1 aromatic rings. The zero-order valence-electron chi connectivity index (χ0n) is 16.8. The molecule has 0 spiro atoms. The molecule has 2 saturated carbocycles. The Morgan fingerprint density at radius 2 is 1.86 bits per heavy atom. The maximum Gasteiger partial charge on any atom is 0.230 e. The molecule has 6 heteroatoms. The number of carbonyl (C=O) groups is 2. The van der Waals surface area contributed by atoms with Crippen LogP contribution in [0, 0.1) is 30.6 Å². The molecule has 3 fully saturated rings. The van der Waals surface area contributed by atoms with Crippen LogP contribution >= 0.6 is 0 Å². The van der Waals surface area contributed by atoms with E-state index in [1.807, 2.05) is 24.0 Å². The van der Waals surface area contributed by atoms with Crippen molar-refractivity contribution in [3.05, 3.63) is 23.9 Å². The van der Waals surface area contributed by atoms with Crippen molar-refractivity contribution in [2.75, 3.05) is 18.4 Å². The zero-order chi connectivity index (χ0) is 19.7. The Kier molecular flexibility index (Phi) is 5.67. The largest absolute Gasteiger partial charge is 0.342 e. The second kappa shape index (κ2) is 8.19. The number of pyridine rings is 1. The summed E-state index contributed by atoms with van der Waals surface area (Å²) >= 11 is 0. The van der Waals surface area contributed by atoms with Gasteiger partial charge in [0.1, 0.15) is 5.82 Å². The monoisotopic (exact) mass is 384 g/mol. The first-order chi connectivity index (χ1) is 13.5. The van der Waals surface area contributed by atoms with Gasteiger partial charge in [-0.25, -0.2) is 4.98 Å². The van der Waals surface area contributed by atoms with Gasteiger partial charge in [-0.2, -0.15) is 0 Å². The summed E-state index contributed by atoms with van der Waals surface area (Å²) in [5.74, 6) is 1.73. The van der Waals surface area contributed by atoms with Crippen molar-refractivity contribution in [2.24, 2.45) is 29.4 Å². The molecule has 1 aliphatic heterocycles. The van der Waals surface area contributed by atoms with E-state index >= 15 is 0 Å². The molecule has 28 heavy (non-hydrogen) atoms. The SMILES string of the molecule is Cc1cccc(NC(=O)C2CCCN(C(=O)C3CC4CCCC(C3)C4N)C2)n1. The number of hydrogen-bond donors (Lipinski definition) is 2. The molecular weight excluding hydrogens is 352 g/mol. The van der Waals surface area contributed by atoms with Crippen molar-refractivity contribution in [3.63, 3.8) is 0 Å². The average Bonchev–Trinajstić information content (AvgIpc) is 2.67. The molecule has 3 atom stereocenters. The molecule has 2 aliphatic carbocycles. The standard InChI is InChI=1S/C22H32N4O2/c1-14-5-2-9-19(24-14)25-21(27)17-8-4-10-26(13-17)22(28)18-11-15-6-3-7-16(12-18)20(15)23/h2,5,9,15-18,20H,3-4,6-8,10-13,23H2,1H3,(H,24,25,27). The van der Waals surface area contributed by atoms with Crippen molar-refractivity contribution in [1.82, 2.24) is 9.88 Å². The minimum atomic E-state index is -0.162. The maximum atomic E-state index is 13.2. The second-order valence-electron chi connectivity index (χ2n) is 8.97. The lowest BCUT2D eigenvalue weighted by atomic mass is 9.65. The number of aryl methyl sites for hydroxylation is 1. The lowest BCUT2D eigenvalue weighted by Crippen LogP contribution is -2.51. The number of nitrogens with two attached hydrogens (primary N) is 1. The molecular formula is C22H32N4O2. The fraction of sp³-hybridized carbons (Fsp3) is 0.682. The minimum absolute atomic E-state index is 0.0295. The van der Waals surface area contributed by atoms with E-state index < -0.39 is 0 Å². The van der Waals surface area contributed by atoms with E-state index in [1.54, 1.807) is 6.07 Å². The summed E-state index contributed by atoms with van der Waals surface area (Å²) in [4.78, 5) is 32.2. The molecule has 1 saturated heterocycles.